The first kappa shape index (κ1) is 18.1. The summed E-state index contributed by atoms with van der Waals surface area (Å²) >= 11 is 0. The number of carbonyl (C=O) groups excluding carboxylic acids is 1. The lowest BCUT2D eigenvalue weighted by molar-refractivity contribution is -0.126. The van der Waals surface area contributed by atoms with Gasteiger partial charge < -0.3 is 15.6 Å². The van der Waals surface area contributed by atoms with Gasteiger partial charge in [0.05, 0.1) is 5.54 Å². The van der Waals surface area contributed by atoms with E-state index in [1.807, 2.05) is 38.1 Å². The maximum Gasteiger partial charge on any atom is 0.257 e. The lowest BCUT2D eigenvalue weighted by Crippen LogP contribution is -2.51. The van der Waals surface area contributed by atoms with Crippen LogP contribution in [0.3, 0.4) is 0 Å². The van der Waals surface area contributed by atoms with Crippen molar-refractivity contribution in [1.29, 1.82) is 0 Å². The van der Waals surface area contributed by atoms with Crippen LogP contribution in [-0.4, -0.2) is 28.1 Å². The number of rotatable bonds is 8. The molecule has 6 heteroatoms. The summed E-state index contributed by atoms with van der Waals surface area (Å²) in [5, 5.41) is 6.80. The van der Waals surface area contributed by atoms with Gasteiger partial charge >= 0.3 is 0 Å². The van der Waals surface area contributed by atoms with Gasteiger partial charge in [0, 0.05) is 18.5 Å². The van der Waals surface area contributed by atoms with E-state index in [9.17, 15) is 4.79 Å². The Morgan fingerprint density at radius 1 is 1.29 bits per heavy atom. The van der Waals surface area contributed by atoms with Crippen LogP contribution in [0.1, 0.15) is 45.0 Å². The van der Waals surface area contributed by atoms with E-state index in [1.165, 1.54) is 0 Å². The van der Waals surface area contributed by atoms with Crippen molar-refractivity contribution < 1.29 is 9.32 Å². The van der Waals surface area contributed by atoms with Crippen LogP contribution in [-0.2, 0) is 17.6 Å². The molecular weight excluding hydrogens is 304 g/mol. The number of carbonyl (C=O) groups is 1. The van der Waals surface area contributed by atoms with Gasteiger partial charge in [-0.1, -0.05) is 37.6 Å². The molecule has 0 saturated heterocycles. The minimum Gasteiger partial charge on any atom is -0.354 e. The zero-order chi connectivity index (χ0) is 17.6. The molecule has 1 atom stereocenters. The Morgan fingerprint density at radius 3 is 2.58 bits per heavy atom. The van der Waals surface area contributed by atoms with Crippen molar-refractivity contribution in [3.63, 3.8) is 0 Å². The predicted octanol–water partition coefficient (Wildman–Crippen LogP) is 2.48. The minimum absolute atomic E-state index is 0.0982. The Balaban J connectivity index is 1.87. The number of hydrogen-bond acceptors (Lipinski definition) is 5. The van der Waals surface area contributed by atoms with E-state index in [0.717, 1.165) is 30.4 Å². The fourth-order valence-corrected chi connectivity index (χ4v) is 2.48. The summed E-state index contributed by atoms with van der Waals surface area (Å²) in [4.78, 5) is 16.4. The van der Waals surface area contributed by atoms with E-state index >= 15 is 0 Å². The Hall–Kier alpha value is -2.21. The monoisotopic (exact) mass is 330 g/mol. The zero-order valence-electron chi connectivity index (χ0n) is 14.6. The maximum absolute atomic E-state index is 12.1. The van der Waals surface area contributed by atoms with Gasteiger partial charge in [-0.2, -0.15) is 4.98 Å². The van der Waals surface area contributed by atoms with E-state index in [4.69, 9.17) is 10.3 Å². The summed E-state index contributed by atoms with van der Waals surface area (Å²) in [6.07, 6.45) is 3.06. The largest absolute Gasteiger partial charge is 0.354 e. The normalized spacial score (nSPS) is 13.5. The van der Waals surface area contributed by atoms with Crippen LogP contribution in [0, 0.1) is 0 Å². The Kier molecular flexibility index (Phi) is 6.09. The third-order valence-electron chi connectivity index (χ3n) is 3.97. The van der Waals surface area contributed by atoms with Crippen LogP contribution < -0.4 is 11.1 Å². The Labute approximate surface area is 142 Å². The molecule has 0 radical (unpaired) electrons. The quantitative estimate of drug-likeness (QED) is 0.775. The number of benzene rings is 1. The fraction of sp³-hybridized carbons (Fsp3) is 0.500. The van der Waals surface area contributed by atoms with Crippen LogP contribution in [0.25, 0.3) is 11.5 Å². The summed E-state index contributed by atoms with van der Waals surface area (Å²) in [5.41, 5.74) is 7.24. The molecule has 1 amide bonds. The molecule has 24 heavy (non-hydrogen) atoms. The molecular formula is C18H26N4O2. The molecule has 0 spiro atoms. The molecule has 0 saturated carbocycles. The molecule has 6 nitrogen and oxygen atoms in total. The number of aromatic nitrogens is 2. The number of nitrogens with one attached hydrogen (secondary N) is 1. The second kappa shape index (κ2) is 8.06. The summed E-state index contributed by atoms with van der Waals surface area (Å²) in [6, 6.07) is 7.92. The van der Waals surface area contributed by atoms with Gasteiger partial charge in [-0.3, -0.25) is 4.79 Å². The van der Waals surface area contributed by atoms with Crippen molar-refractivity contribution in [2.24, 2.45) is 5.73 Å². The van der Waals surface area contributed by atoms with Gasteiger partial charge in [0.1, 0.15) is 0 Å². The first-order chi connectivity index (χ1) is 11.5. The highest BCUT2D eigenvalue weighted by Gasteiger charge is 2.26. The van der Waals surface area contributed by atoms with Crippen molar-refractivity contribution in [2.75, 3.05) is 6.54 Å². The summed E-state index contributed by atoms with van der Waals surface area (Å²) < 4.78 is 5.22. The highest BCUT2D eigenvalue weighted by Crippen LogP contribution is 2.18. The van der Waals surface area contributed by atoms with E-state index in [-0.39, 0.29) is 5.91 Å². The van der Waals surface area contributed by atoms with Gasteiger partial charge in [-0.05, 0) is 37.5 Å². The predicted molar refractivity (Wildman–Crippen MR) is 93.3 cm³/mol. The summed E-state index contributed by atoms with van der Waals surface area (Å²) in [6.45, 7) is 6.34. The smallest absolute Gasteiger partial charge is 0.257 e. The molecule has 0 aliphatic carbocycles. The number of amides is 1. The Bertz CT molecular complexity index is 662. The molecule has 1 aromatic carbocycles. The van der Waals surface area contributed by atoms with E-state index in [1.54, 1.807) is 6.92 Å². The average molecular weight is 330 g/mol. The van der Waals surface area contributed by atoms with Gasteiger partial charge in [-0.25, -0.2) is 0 Å². The molecule has 0 aliphatic heterocycles. The van der Waals surface area contributed by atoms with Crippen molar-refractivity contribution in [3.8, 4) is 11.5 Å². The topological polar surface area (TPSA) is 94.0 Å². The zero-order valence-corrected chi connectivity index (χ0v) is 14.6. The van der Waals surface area contributed by atoms with E-state index in [2.05, 4.69) is 15.5 Å². The lowest BCUT2D eigenvalue weighted by atomic mass is 9.96. The second-order valence-electron chi connectivity index (χ2n) is 6.24. The van der Waals surface area contributed by atoms with Gasteiger partial charge in [0.2, 0.25) is 5.91 Å². The maximum atomic E-state index is 12.1. The van der Waals surface area contributed by atoms with Crippen LogP contribution >= 0.6 is 0 Å². The molecule has 130 valence electrons. The minimum atomic E-state index is -0.798. The van der Waals surface area contributed by atoms with Crippen LogP contribution in [0.2, 0.25) is 0 Å². The van der Waals surface area contributed by atoms with Gasteiger partial charge in [0.25, 0.3) is 5.89 Å². The van der Waals surface area contributed by atoms with E-state index < -0.39 is 5.54 Å². The molecule has 3 N–H and O–H groups in total. The van der Waals surface area contributed by atoms with Crippen LogP contribution in [0.15, 0.2) is 28.8 Å². The van der Waals surface area contributed by atoms with Crippen molar-refractivity contribution in [1.82, 2.24) is 15.5 Å². The summed E-state index contributed by atoms with van der Waals surface area (Å²) in [7, 11) is 0. The summed E-state index contributed by atoms with van der Waals surface area (Å²) in [5.74, 6) is 1.14. The lowest BCUT2D eigenvalue weighted by Gasteiger charge is -2.22. The molecule has 0 bridgehead atoms. The second-order valence-corrected chi connectivity index (χ2v) is 6.24. The Morgan fingerprint density at radius 2 is 2.00 bits per heavy atom. The number of aryl methyl sites for hydroxylation is 1. The van der Waals surface area contributed by atoms with Crippen LogP contribution in [0.4, 0.5) is 0 Å². The first-order valence-corrected chi connectivity index (χ1v) is 8.45. The molecule has 1 heterocycles. The highest BCUT2D eigenvalue weighted by atomic mass is 16.5. The first-order valence-electron chi connectivity index (χ1n) is 8.45. The molecule has 2 aromatic rings. The third-order valence-corrected chi connectivity index (χ3v) is 3.97. The number of nitrogens with two attached hydrogens (primary N) is 1. The highest BCUT2D eigenvalue weighted by molar-refractivity contribution is 5.85. The SMILES string of the molecule is CCCC(C)(N)C(=O)NCCc1ccc(-c2nc(CC)no2)cc1. The number of hydrogen-bond donors (Lipinski definition) is 2. The standard InChI is InChI=1S/C18H26N4O2/c1-4-11-18(3,19)17(23)20-12-10-13-6-8-14(9-7-13)16-21-15(5-2)22-24-16/h6-9H,4-5,10-12,19H2,1-3H3,(H,20,23). The average Bonchev–Trinajstić information content (AvgIpc) is 3.04. The third kappa shape index (κ3) is 4.64. The van der Waals surface area contributed by atoms with Gasteiger partial charge in [0.15, 0.2) is 5.82 Å². The van der Waals surface area contributed by atoms with Crippen molar-refractivity contribution >= 4 is 5.91 Å². The number of nitrogens with zero attached hydrogens (tertiary/aromatic N) is 2. The molecule has 0 aliphatic rings. The molecule has 2 rings (SSSR count). The molecule has 0 fully saturated rings. The van der Waals surface area contributed by atoms with Crippen molar-refractivity contribution in [2.45, 2.75) is 52.0 Å². The molecule has 1 unspecified atom stereocenters. The van der Waals surface area contributed by atoms with Crippen molar-refractivity contribution in [3.05, 3.63) is 35.7 Å². The van der Waals surface area contributed by atoms with Gasteiger partial charge in [-0.15, -0.1) is 0 Å². The van der Waals surface area contributed by atoms with E-state index in [0.29, 0.717) is 24.7 Å². The fourth-order valence-electron chi connectivity index (χ4n) is 2.48. The molecule has 1 aromatic heterocycles. The van der Waals surface area contributed by atoms with Crippen LogP contribution in [0.5, 0.6) is 0 Å².